The normalized spacial score (nSPS) is 10.3. The highest BCUT2D eigenvalue weighted by Gasteiger charge is 2.16. The van der Waals surface area contributed by atoms with Crippen molar-refractivity contribution < 1.29 is 19.0 Å². The van der Waals surface area contributed by atoms with Crippen molar-refractivity contribution in [1.29, 1.82) is 0 Å². The van der Waals surface area contributed by atoms with Crippen molar-refractivity contribution in [1.82, 2.24) is 4.90 Å². The topological polar surface area (TPSA) is 48.0 Å². The van der Waals surface area contributed by atoms with Gasteiger partial charge in [-0.25, -0.2) is 0 Å². The van der Waals surface area contributed by atoms with Crippen molar-refractivity contribution in [3.8, 4) is 17.2 Å². The Kier molecular flexibility index (Phi) is 6.28. The third-order valence-corrected chi connectivity index (χ3v) is 4.07. The van der Waals surface area contributed by atoms with E-state index in [0.29, 0.717) is 18.0 Å². The average Bonchev–Trinajstić information content (AvgIpc) is 2.60. The molecule has 0 radical (unpaired) electrons. The molecule has 0 aliphatic heterocycles. The van der Waals surface area contributed by atoms with Crippen LogP contribution in [-0.4, -0.2) is 38.7 Å². The molecule has 0 saturated heterocycles. The second-order valence-electron chi connectivity index (χ2n) is 5.91. The Balaban J connectivity index is 2.04. The minimum absolute atomic E-state index is 0.00548. The summed E-state index contributed by atoms with van der Waals surface area (Å²) in [5.74, 6) is 1.95. The molecule has 0 saturated carbocycles. The molecule has 0 atom stereocenters. The number of methoxy groups -OCH3 is 2. The van der Waals surface area contributed by atoms with Crippen LogP contribution in [0.15, 0.2) is 36.4 Å². The molecule has 1 amide bonds. The molecule has 0 fully saturated rings. The van der Waals surface area contributed by atoms with Gasteiger partial charge in [0, 0.05) is 19.2 Å². The maximum Gasteiger partial charge on any atom is 0.260 e. The van der Waals surface area contributed by atoms with E-state index in [9.17, 15) is 4.79 Å². The summed E-state index contributed by atoms with van der Waals surface area (Å²) < 4.78 is 16.5. The highest BCUT2D eigenvalue weighted by atomic mass is 16.5. The van der Waals surface area contributed by atoms with E-state index < -0.39 is 0 Å². The molecule has 0 N–H and O–H groups in total. The fourth-order valence-electron chi connectivity index (χ4n) is 2.69. The number of aryl methyl sites for hydroxylation is 2. The fraction of sp³-hybridized carbons (Fsp3) is 0.350. The summed E-state index contributed by atoms with van der Waals surface area (Å²) in [6, 6.07) is 11.5. The Hall–Kier alpha value is -2.69. The van der Waals surface area contributed by atoms with Crippen LogP contribution in [0.4, 0.5) is 0 Å². The number of amides is 1. The van der Waals surface area contributed by atoms with Crippen LogP contribution in [0.2, 0.25) is 0 Å². The molecule has 0 aliphatic rings. The first-order valence-electron chi connectivity index (χ1n) is 8.10. The first-order valence-corrected chi connectivity index (χ1v) is 8.10. The molecular formula is C20H25NO4. The molecule has 0 aromatic heterocycles. The van der Waals surface area contributed by atoms with Crippen molar-refractivity contribution >= 4 is 5.91 Å². The number of carbonyl (C=O) groups is 1. The van der Waals surface area contributed by atoms with E-state index in [4.69, 9.17) is 14.2 Å². The summed E-state index contributed by atoms with van der Waals surface area (Å²) in [5, 5.41) is 0. The first-order chi connectivity index (χ1) is 12.0. The molecular weight excluding hydrogens is 318 g/mol. The zero-order valence-corrected chi connectivity index (χ0v) is 15.5. The Labute approximate surface area is 149 Å². The van der Waals surface area contributed by atoms with Crippen LogP contribution in [0.1, 0.15) is 16.7 Å². The molecule has 0 heterocycles. The molecule has 5 nitrogen and oxygen atoms in total. The van der Waals surface area contributed by atoms with Crippen molar-refractivity contribution in [2.24, 2.45) is 0 Å². The van der Waals surface area contributed by atoms with Crippen LogP contribution < -0.4 is 14.2 Å². The molecule has 0 unspecified atom stereocenters. The first kappa shape index (κ1) is 18.6. The van der Waals surface area contributed by atoms with E-state index in [2.05, 4.69) is 0 Å². The number of rotatable bonds is 7. The predicted molar refractivity (Wildman–Crippen MR) is 97.4 cm³/mol. The van der Waals surface area contributed by atoms with Crippen molar-refractivity contribution in [2.45, 2.75) is 20.4 Å². The average molecular weight is 343 g/mol. The lowest BCUT2D eigenvalue weighted by Gasteiger charge is -2.20. The van der Waals surface area contributed by atoms with Gasteiger partial charge in [-0.05, 0) is 31.0 Å². The van der Waals surface area contributed by atoms with Gasteiger partial charge < -0.3 is 19.1 Å². The summed E-state index contributed by atoms with van der Waals surface area (Å²) in [6.07, 6.45) is 0. The van der Waals surface area contributed by atoms with Gasteiger partial charge in [-0.2, -0.15) is 0 Å². The molecule has 2 rings (SSSR count). The standard InChI is InChI=1S/C20H25NO4/c1-14-8-6-9-15(2)19(14)25-13-18(22)21(3)12-16-10-7-11-17(23-4)20(16)24-5/h6-11H,12-13H2,1-5H3. The van der Waals surface area contributed by atoms with Crippen molar-refractivity contribution in [3.05, 3.63) is 53.1 Å². The van der Waals surface area contributed by atoms with Gasteiger partial charge in [0.05, 0.1) is 14.2 Å². The minimum Gasteiger partial charge on any atom is -0.493 e. The molecule has 2 aromatic carbocycles. The van der Waals surface area contributed by atoms with E-state index in [1.165, 1.54) is 0 Å². The number of likely N-dealkylation sites (N-methyl/N-ethyl adjacent to an activating group) is 1. The fourth-order valence-corrected chi connectivity index (χ4v) is 2.69. The third-order valence-electron chi connectivity index (χ3n) is 4.07. The van der Waals surface area contributed by atoms with Crippen molar-refractivity contribution in [3.63, 3.8) is 0 Å². The maximum atomic E-state index is 12.4. The zero-order chi connectivity index (χ0) is 18.4. The second-order valence-corrected chi connectivity index (χ2v) is 5.91. The molecule has 25 heavy (non-hydrogen) atoms. The zero-order valence-electron chi connectivity index (χ0n) is 15.5. The molecule has 0 spiro atoms. The Morgan fingerprint density at radius 3 is 2.20 bits per heavy atom. The smallest absolute Gasteiger partial charge is 0.260 e. The van der Waals surface area contributed by atoms with E-state index in [1.54, 1.807) is 26.2 Å². The lowest BCUT2D eigenvalue weighted by Crippen LogP contribution is -2.31. The van der Waals surface area contributed by atoms with E-state index in [1.807, 2.05) is 50.2 Å². The van der Waals surface area contributed by atoms with Gasteiger partial charge in [0.1, 0.15) is 5.75 Å². The monoisotopic (exact) mass is 343 g/mol. The summed E-state index contributed by atoms with van der Waals surface area (Å²) in [7, 11) is 4.93. The molecule has 0 aliphatic carbocycles. The van der Waals surface area contributed by atoms with Crippen molar-refractivity contribution in [2.75, 3.05) is 27.9 Å². The lowest BCUT2D eigenvalue weighted by atomic mass is 10.1. The minimum atomic E-state index is -0.104. The predicted octanol–water partition coefficient (Wildman–Crippen LogP) is 3.36. The van der Waals surface area contributed by atoms with Crippen LogP contribution in [0, 0.1) is 13.8 Å². The number of hydrogen-bond donors (Lipinski definition) is 0. The molecule has 134 valence electrons. The lowest BCUT2D eigenvalue weighted by molar-refractivity contribution is -0.132. The van der Waals surface area contributed by atoms with Gasteiger partial charge in [-0.3, -0.25) is 4.79 Å². The van der Waals surface area contributed by atoms with Gasteiger partial charge in [0.2, 0.25) is 0 Å². The number of hydrogen-bond acceptors (Lipinski definition) is 4. The number of benzene rings is 2. The Morgan fingerprint density at radius 1 is 0.960 bits per heavy atom. The largest absolute Gasteiger partial charge is 0.493 e. The van der Waals surface area contributed by atoms with Crippen LogP contribution in [0.5, 0.6) is 17.2 Å². The number of para-hydroxylation sites is 2. The summed E-state index contributed by atoms with van der Waals surface area (Å²) in [4.78, 5) is 14.0. The van der Waals surface area contributed by atoms with E-state index in [-0.39, 0.29) is 12.5 Å². The van der Waals surface area contributed by atoms with Crippen LogP contribution in [0.3, 0.4) is 0 Å². The van der Waals surface area contributed by atoms with Gasteiger partial charge in [-0.15, -0.1) is 0 Å². The maximum absolute atomic E-state index is 12.4. The summed E-state index contributed by atoms with van der Waals surface area (Å²) in [6.45, 7) is 4.35. The van der Waals surface area contributed by atoms with Gasteiger partial charge in [0.15, 0.2) is 18.1 Å². The molecule has 0 bridgehead atoms. The van der Waals surface area contributed by atoms with Crippen LogP contribution >= 0.6 is 0 Å². The number of carbonyl (C=O) groups excluding carboxylic acids is 1. The molecule has 5 heteroatoms. The number of nitrogens with zero attached hydrogens (tertiary/aromatic N) is 1. The Morgan fingerprint density at radius 2 is 1.60 bits per heavy atom. The summed E-state index contributed by atoms with van der Waals surface area (Å²) in [5.41, 5.74) is 2.92. The third kappa shape index (κ3) is 4.44. The van der Waals surface area contributed by atoms with Gasteiger partial charge >= 0.3 is 0 Å². The van der Waals surface area contributed by atoms with Gasteiger partial charge in [0.25, 0.3) is 5.91 Å². The summed E-state index contributed by atoms with van der Waals surface area (Å²) >= 11 is 0. The highest BCUT2D eigenvalue weighted by molar-refractivity contribution is 5.77. The highest BCUT2D eigenvalue weighted by Crippen LogP contribution is 2.31. The SMILES string of the molecule is COc1cccc(CN(C)C(=O)COc2c(C)cccc2C)c1OC. The number of ether oxygens (including phenoxy) is 3. The second kappa shape index (κ2) is 8.42. The quantitative estimate of drug-likeness (QED) is 0.773. The molecule has 2 aromatic rings. The van der Waals surface area contributed by atoms with E-state index in [0.717, 1.165) is 22.4 Å². The van der Waals surface area contributed by atoms with Gasteiger partial charge in [-0.1, -0.05) is 30.3 Å². The van der Waals surface area contributed by atoms with Crippen LogP contribution in [-0.2, 0) is 11.3 Å². The van der Waals surface area contributed by atoms with Crippen LogP contribution in [0.25, 0.3) is 0 Å². The Bertz CT molecular complexity index is 722. The van der Waals surface area contributed by atoms with E-state index >= 15 is 0 Å².